The minimum Gasteiger partial charge on any atom is -0.336 e. The average molecular weight is 273 g/mol. The van der Waals surface area contributed by atoms with Crippen LogP contribution >= 0.6 is 0 Å². The van der Waals surface area contributed by atoms with E-state index in [-0.39, 0.29) is 11.8 Å². The molecule has 2 aliphatic heterocycles. The van der Waals surface area contributed by atoms with Gasteiger partial charge >= 0.3 is 0 Å². The summed E-state index contributed by atoms with van der Waals surface area (Å²) >= 11 is 0. The Morgan fingerprint density at radius 1 is 1.15 bits per heavy atom. The van der Waals surface area contributed by atoms with E-state index < -0.39 is 0 Å². The molecule has 0 saturated carbocycles. The second-order valence-corrected chi connectivity index (χ2v) is 5.24. The molecule has 2 fully saturated rings. The van der Waals surface area contributed by atoms with Gasteiger partial charge in [0, 0.05) is 50.4 Å². The summed E-state index contributed by atoms with van der Waals surface area (Å²) in [6.45, 7) is 3.92. The highest BCUT2D eigenvalue weighted by molar-refractivity contribution is 5.99. The number of piperazine rings is 1. The third-order valence-electron chi connectivity index (χ3n) is 3.88. The zero-order valence-electron chi connectivity index (χ0n) is 11.5. The molecule has 3 rings (SSSR count). The van der Waals surface area contributed by atoms with Gasteiger partial charge in [0.2, 0.25) is 5.91 Å². The Kier molecular flexibility index (Phi) is 3.69. The van der Waals surface area contributed by atoms with E-state index in [1.54, 1.807) is 4.90 Å². The van der Waals surface area contributed by atoms with Gasteiger partial charge in [-0.15, -0.1) is 0 Å². The van der Waals surface area contributed by atoms with Crippen LogP contribution < -0.4 is 10.2 Å². The smallest absolute Gasteiger partial charge is 0.254 e. The van der Waals surface area contributed by atoms with Crippen LogP contribution in [-0.4, -0.2) is 49.4 Å². The lowest BCUT2D eigenvalue weighted by Gasteiger charge is -2.27. The van der Waals surface area contributed by atoms with Crippen LogP contribution in [0.15, 0.2) is 24.3 Å². The van der Waals surface area contributed by atoms with E-state index in [4.69, 9.17) is 0 Å². The second-order valence-electron chi connectivity index (χ2n) is 5.24. The van der Waals surface area contributed by atoms with Gasteiger partial charge in [-0.05, 0) is 24.6 Å². The minimum absolute atomic E-state index is 0.0556. The monoisotopic (exact) mass is 273 g/mol. The van der Waals surface area contributed by atoms with Gasteiger partial charge in [0.05, 0.1) is 0 Å². The summed E-state index contributed by atoms with van der Waals surface area (Å²) < 4.78 is 0. The molecule has 1 aromatic rings. The Morgan fingerprint density at radius 2 is 1.95 bits per heavy atom. The summed E-state index contributed by atoms with van der Waals surface area (Å²) in [5.74, 6) is 0.205. The van der Waals surface area contributed by atoms with Gasteiger partial charge in [0.25, 0.3) is 5.91 Å². The molecule has 0 radical (unpaired) electrons. The number of benzene rings is 1. The van der Waals surface area contributed by atoms with E-state index in [0.717, 1.165) is 44.8 Å². The van der Waals surface area contributed by atoms with E-state index in [1.165, 1.54) is 0 Å². The number of anilines is 1. The number of hydrogen-bond donors (Lipinski definition) is 1. The maximum atomic E-state index is 12.4. The first-order valence-corrected chi connectivity index (χ1v) is 7.16. The van der Waals surface area contributed by atoms with Crippen LogP contribution in [0.2, 0.25) is 0 Å². The van der Waals surface area contributed by atoms with Crippen LogP contribution in [-0.2, 0) is 4.79 Å². The van der Waals surface area contributed by atoms with Crippen molar-refractivity contribution in [2.75, 3.05) is 37.6 Å². The molecule has 0 unspecified atom stereocenters. The van der Waals surface area contributed by atoms with E-state index in [9.17, 15) is 9.59 Å². The summed E-state index contributed by atoms with van der Waals surface area (Å²) in [5.41, 5.74) is 1.51. The van der Waals surface area contributed by atoms with Crippen LogP contribution in [0.4, 0.5) is 5.69 Å². The van der Waals surface area contributed by atoms with E-state index in [0.29, 0.717) is 12.0 Å². The van der Waals surface area contributed by atoms with Crippen molar-refractivity contribution in [3.05, 3.63) is 29.8 Å². The Balaban J connectivity index is 1.79. The Morgan fingerprint density at radius 3 is 2.65 bits per heavy atom. The van der Waals surface area contributed by atoms with E-state index in [2.05, 4.69) is 5.32 Å². The molecule has 0 bridgehead atoms. The van der Waals surface area contributed by atoms with Crippen LogP contribution in [0.3, 0.4) is 0 Å². The first kappa shape index (κ1) is 13.1. The molecule has 5 nitrogen and oxygen atoms in total. The molecular weight excluding hydrogens is 254 g/mol. The molecular formula is C15H19N3O2. The molecule has 5 heteroatoms. The zero-order valence-corrected chi connectivity index (χ0v) is 11.5. The Labute approximate surface area is 118 Å². The Bertz CT molecular complexity index is 524. The quantitative estimate of drug-likeness (QED) is 0.869. The number of carbonyl (C=O) groups excluding carboxylic acids is 2. The molecule has 0 aromatic heterocycles. The Hall–Kier alpha value is -1.88. The van der Waals surface area contributed by atoms with Gasteiger partial charge in [-0.3, -0.25) is 9.59 Å². The van der Waals surface area contributed by atoms with Crippen molar-refractivity contribution in [2.45, 2.75) is 12.8 Å². The number of nitrogens with zero attached hydrogens (tertiary/aromatic N) is 2. The highest BCUT2D eigenvalue weighted by Crippen LogP contribution is 2.22. The third-order valence-corrected chi connectivity index (χ3v) is 3.88. The van der Waals surface area contributed by atoms with Gasteiger partial charge in [0.1, 0.15) is 0 Å². The number of nitrogens with one attached hydrogen (secondary N) is 1. The average Bonchev–Trinajstić information content (AvgIpc) is 2.94. The molecule has 0 spiro atoms. The fraction of sp³-hybridized carbons (Fsp3) is 0.467. The van der Waals surface area contributed by atoms with Crippen molar-refractivity contribution < 1.29 is 9.59 Å². The molecule has 0 aliphatic carbocycles. The number of amides is 2. The lowest BCUT2D eigenvalue weighted by atomic mass is 10.1. The van der Waals surface area contributed by atoms with Crippen molar-refractivity contribution in [3.63, 3.8) is 0 Å². The number of carbonyl (C=O) groups is 2. The zero-order chi connectivity index (χ0) is 13.9. The van der Waals surface area contributed by atoms with E-state index in [1.807, 2.05) is 29.2 Å². The topological polar surface area (TPSA) is 52.7 Å². The molecule has 20 heavy (non-hydrogen) atoms. The normalized spacial score (nSPS) is 19.5. The fourth-order valence-corrected chi connectivity index (χ4v) is 2.78. The van der Waals surface area contributed by atoms with Gasteiger partial charge in [-0.25, -0.2) is 0 Å². The van der Waals surface area contributed by atoms with Crippen LogP contribution in [0.5, 0.6) is 0 Å². The van der Waals surface area contributed by atoms with Crippen molar-refractivity contribution in [3.8, 4) is 0 Å². The summed E-state index contributed by atoms with van der Waals surface area (Å²) in [5, 5.41) is 3.24. The van der Waals surface area contributed by atoms with Gasteiger partial charge < -0.3 is 15.1 Å². The fourth-order valence-electron chi connectivity index (χ4n) is 2.78. The molecule has 2 saturated heterocycles. The van der Waals surface area contributed by atoms with Crippen molar-refractivity contribution >= 4 is 17.5 Å². The van der Waals surface area contributed by atoms with Gasteiger partial charge in [-0.2, -0.15) is 0 Å². The SMILES string of the molecule is O=C(c1cccc(N2CCCC2=O)c1)N1CCNCC1. The molecule has 1 N–H and O–H groups in total. The van der Waals surface area contributed by atoms with Gasteiger partial charge in [-0.1, -0.05) is 6.07 Å². The van der Waals surface area contributed by atoms with Crippen molar-refractivity contribution in [1.29, 1.82) is 0 Å². The lowest BCUT2D eigenvalue weighted by molar-refractivity contribution is -0.117. The van der Waals surface area contributed by atoms with Crippen LogP contribution in [0.25, 0.3) is 0 Å². The summed E-state index contributed by atoms with van der Waals surface area (Å²) in [6.07, 6.45) is 1.50. The predicted molar refractivity (Wildman–Crippen MR) is 76.8 cm³/mol. The molecule has 106 valence electrons. The van der Waals surface area contributed by atoms with E-state index >= 15 is 0 Å². The van der Waals surface area contributed by atoms with Crippen LogP contribution in [0, 0.1) is 0 Å². The highest BCUT2D eigenvalue weighted by Gasteiger charge is 2.23. The van der Waals surface area contributed by atoms with Crippen molar-refractivity contribution in [2.24, 2.45) is 0 Å². The summed E-state index contributed by atoms with van der Waals surface area (Å²) in [7, 11) is 0. The third kappa shape index (κ3) is 2.54. The van der Waals surface area contributed by atoms with Crippen molar-refractivity contribution in [1.82, 2.24) is 10.2 Å². The minimum atomic E-state index is 0.0556. The first-order chi connectivity index (χ1) is 9.75. The van der Waals surface area contributed by atoms with Gasteiger partial charge in [0.15, 0.2) is 0 Å². The molecule has 2 heterocycles. The van der Waals surface area contributed by atoms with Crippen LogP contribution in [0.1, 0.15) is 23.2 Å². The maximum absolute atomic E-state index is 12.4. The second kappa shape index (κ2) is 5.63. The summed E-state index contributed by atoms with van der Waals surface area (Å²) in [6, 6.07) is 7.43. The summed E-state index contributed by atoms with van der Waals surface area (Å²) in [4.78, 5) is 27.9. The largest absolute Gasteiger partial charge is 0.336 e. The lowest BCUT2D eigenvalue weighted by Crippen LogP contribution is -2.46. The highest BCUT2D eigenvalue weighted by atomic mass is 16.2. The number of hydrogen-bond acceptors (Lipinski definition) is 3. The first-order valence-electron chi connectivity index (χ1n) is 7.16. The number of rotatable bonds is 2. The predicted octanol–water partition coefficient (Wildman–Crippen LogP) is 0.859. The molecule has 2 aliphatic rings. The maximum Gasteiger partial charge on any atom is 0.254 e. The molecule has 2 amide bonds. The standard InChI is InChI=1S/C15H19N3O2/c19-14-5-2-8-18(14)13-4-1-3-12(11-13)15(20)17-9-6-16-7-10-17/h1,3-4,11,16H,2,5-10H2. The molecule has 0 atom stereocenters. The molecule has 1 aromatic carbocycles.